The Hall–Kier alpha value is 0.560. The van der Waals surface area contributed by atoms with Crippen molar-refractivity contribution in [2.45, 2.75) is 37.9 Å². The second kappa shape index (κ2) is 5.32. The van der Waals surface area contributed by atoms with Crippen LogP contribution in [0, 0.1) is 0 Å². The van der Waals surface area contributed by atoms with Gasteiger partial charge in [0, 0.05) is 0 Å². The molecule has 0 aromatic carbocycles. The molecule has 0 atom stereocenters. The maximum absolute atomic E-state index is 12.7. The zero-order chi connectivity index (χ0) is 9.78. The third-order valence-corrected chi connectivity index (χ3v) is 3.53. The lowest BCUT2D eigenvalue weighted by Gasteiger charge is -2.12. The fourth-order valence-corrected chi connectivity index (χ4v) is 1.70. The van der Waals surface area contributed by atoms with Crippen LogP contribution < -0.4 is 0 Å². The molecule has 0 N–H and O–H groups in total. The van der Waals surface area contributed by atoms with Crippen LogP contribution in [0.4, 0.5) is 8.78 Å². The Balaban J connectivity index is 4.60. The van der Waals surface area contributed by atoms with Crippen LogP contribution in [0.1, 0.15) is 33.1 Å². The van der Waals surface area contributed by atoms with Crippen LogP contribution in [0.2, 0.25) is 0 Å². The summed E-state index contributed by atoms with van der Waals surface area (Å²) in [6, 6.07) is 0. The number of hydrogen-bond donors (Lipinski definition) is 0. The van der Waals surface area contributed by atoms with Crippen molar-refractivity contribution in [2.75, 3.05) is 0 Å². The molecule has 0 rings (SSSR count). The third-order valence-electron chi connectivity index (χ3n) is 1.54. The predicted octanol–water partition coefficient (Wildman–Crippen LogP) is 4.83. The molecule has 0 unspecified atom stereocenters. The molecule has 0 heterocycles. The summed E-state index contributed by atoms with van der Waals surface area (Å²) >= 11 is 5.23. The number of alkyl halides is 3. The van der Waals surface area contributed by atoms with Crippen LogP contribution in [0.25, 0.3) is 0 Å². The van der Waals surface area contributed by atoms with Gasteiger partial charge in [0.05, 0.1) is 4.48 Å². The first kappa shape index (κ1) is 12.6. The lowest BCUT2D eigenvalue weighted by atomic mass is 10.1. The second-order valence-corrected chi connectivity index (χ2v) is 4.31. The first-order chi connectivity index (χ1) is 5.43. The van der Waals surface area contributed by atoms with Crippen molar-refractivity contribution in [3.63, 3.8) is 0 Å². The highest BCUT2D eigenvalue weighted by molar-refractivity contribution is 9.14. The maximum Gasteiger partial charge on any atom is 0.332 e. The van der Waals surface area contributed by atoms with Gasteiger partial charge in [0.15, 0.2) is 0 Å². The molecular formula is C8H12Br2F2. The van der Waals surface area contributed by atoms with E-state index in [2.05, 4.69) is 31.9 Å². The fourth-order valence-electron chi connectivity index (χ4n) is 0.944. The summed E-state index contributed by atoms with van der Waals surface area (Å²) in [7, 11) is 0. The minimum absolute atomic E-state index is 0.0145. The van der Waals surface area contributed by atoms with E-state index in [9.17, 15) is 8.78 Å². The molecule has 12 heavy (non-hydrogen) atoms. The van der Waals surface area contributed by atoms with Crippen LogP contribution >= 0.6 is 31.9 Å². The number of hydrogen-bond acceptors (Lipinski definition) is 0. The third kappa shape index (κ3) is 3.99. The number of halogens is 4. The molecule has 0 aromatic rings. The SMILES string of the molecule is CCCC(CC)=C(Br)C(F)(F)Br. The normalized spacial score (nSPS) is 14.5. The highest BCUT2D eigenvalue weighted by Gasteiger charge is 2.30. The zero-order valence-corrected chi connectivity index (χ0v) is 10.3. The zero-order valence-electron chi connectivity index (χ0n) is 7.13. The van der Waals surface area contributed by atoms with Crippen LogP contribution in [0.5, 0.6) is 0 Å². The van der Waals surface area contributed by atoms with E-state index in [1.807, 2.05) is 13.8 Å². The van der Waals surface area contributed by atoms with E-state index in [4.69, 9.17) is 0 Å². The van der Waals surface area contributed by atoms with E-state index in [1.165, 1.54) is 0 Å². The molecule has 0 bridgehead atoms. The first-order valence-electron chi connectivity index (χ1n) is 3.88. The standard InChI is InChI=1S/C8H12Br2F2/c1-3-5-6(4-2)7(9)8(10,11)12/h3-5H2,1-2H3. The van der Waals surface area contributed by atoms with Crippen LogP contribution in [0.3, 0.4) is 0 Å². The minimum atomic E-state index is -2.91. The molecule has 0 saturated carbocycles. The van der Waals surface area contributed by atoms with Crippen molar-refractivity contribution in [1.82, 2.24) is 0 Å². The van der Waals surface area contributed by atoms with E-state index in [0.29, 0.717) is 6.42 Å². The van der Waals surface area contributed by atoms with Crippen LogP contribution in [-0.2, 0) is 0 Å². The van der Waals surface area contributed by atoms with Gasteiger partial charge in [0.25, 0.3) is 0 Å². The predicted molar refractivity (Wildman–Crippen MR) is 55.0 cm³/mol. The molecule has 0 radical (unpaired) electrons. The Morgan fingerprint density at radius 1 is 1.33 bits per heavy atom. The van der Waals surface area contributed by atoms with Crippen molar-refractivity contribution in [1.29, 1.82) is 0 Å². The average molecular weight is 306 g/mol. The Bertz CT molecular complexity index is 170. The van der Waals surface area contributed by atoms with Gasteiger partial charge in [-0.1, -0.05) is 25.8 Å². The van der Waals surface area contributed by atoms with Crippen molar-refractivity contribution >= 4 is 31.9 Å². The summed E-state index contributed by atoms with van der Waals surface area (Å²) in [5, 5.41) is 0. The van der Waals surface area contributed by atoms with E-state index in [1.54, 1.807) is 0 Å². The summed E-state index contributed by atoms with van der Waals surface area (Å²) in [5.41, 5.74) is 0.777. The van der Waals surface area contributed by atoms with Gasteiger partial charge in [-0.3, -0.25) is 0 Å². The molecule has 0 spiro atoms. The summed E-state index contributed by atoms with van der Waals surface area (Å²) in [4.78, 5) is -2.91. The quantitative estimate of drug-likeness (QED) is 0.652. The van der Waals surface area contributed by atoms with Gasteiger partial charge in [0.2, 0.25) is 0 Å². The average Bonchev–Trinajstić information content (AvgIpc) is 1.97. The lowest BCUT2D eigenvalue weighted by Crippen LogP contribution is -2.07. The molecule has 0 aliphatic heterocycles. The van der Waals surface area contributed by atoms with E-state index >= 15 is 0 Å². The van der Waals surface area contributed by atoms with Crippen LogP contribution in [-0.4, -0.2) is 4.83 Å². The van der Waals surface area contributed by atoms with E-state index in [0.717, 1.165) is 18.4 Å². The molecular weight excluding hydrogens is 294 g/mol. The van der Waals surface area contributed by atoms with Crippen molar-refractivity contribution in [3.05, 3.63) is 10.1 Å². The van der Waals surface area contributed by atoms with E-state index in [-0.39, 0.29) is 4.48 Å². The summed E-state index contributed by atoms with van der Waals surface area (Å²) < 4.78 is 25.4. The molecule has 0 nitrogen and oxygen atoms in total. The van der Waals surface area contributed by atoms with Gasteiger partial charge in [-0.15, -0.1) is 0 Å². The van der Waals surface area contributed by atoms with Gasteiger partial charge >= 0.3 is 4.83 Å². The van der Waals surface area contributed by atoms with E-state index < -0.39 is 4.83 Å². The minimum Gasteiger partial charge on any atom is -0.188 e. The Morgan fingerprint density at radius 2 is 1.83 bits per heavy atom. The molecule has 0 saturated heterocycles. The highest BCUT2D eigenvalue weighted by atomic mass is 79.9. The summed E-state index contributed by atoms with van der Waals surface area (Å²) in [6.45, 7) is 3.85. The topological polar surface area (TPSA) is 0 Å². The second-order valence-electron chi connectivity index (χ2n) is 2.52. The number of rotatable bonds is 4. The summed E-state index contributed by atoms with van der Waals surface area (Å²) in [6.07, 6.45) is 2.27. The Kier molecular flexibility index (Phi) is 5.57. The molecule has 0 aromatic heterocycles. The van der Waals surface area contributed by atoms with Crippen molar-refractivity contribution in [2.24, 2.45) is 0 Å². The van der Waals surface area contributed by atoms with Gasteiger partial charge < -0.3 is 0 Å². The maximum atomic E-state index is 12.7. The largest absolute Gasteiger partial charge is 0.332 e. The van der Waals surface area contributed by atoms with Crippen LogP contribution in [0.15, 0.2) is 10.1 Å². The molecule has 0 amide bonds. The van der Waals surface area contributed by atoms with Crippen molar-refractivity contribution < 1.29 is 8.78 Å². The molecule has 72 valence electrons. The Labute approximate surface area is 88.7 Å². The Morgan fingerprint density at radius 3 is 2.08 bits per heavy atom. The monoisotopic (exact) mass is 304 g/mol. The smallest absolute Gasteiger partial charge is 0.188 e. The number of allylic oxidation sites excluding steroid dienone is 2. The van der Waals surface area contributed by atoms with Gasteiger partial charge in [-0.05, 0) is 44.7 Å². The first-order valence-corrected chi connectivity index (χ1v) is 5.46. The molecule has 4 heteroatoms. The molecule has 0 aliphatic rings. The van der Waals surface area contributed by atoms with Gasteiger partial charge in [-0.2, -0.15) is 8.78 Å². The van der Waals surface area contributed by atoms with Crippen molar-refractivity contribution in [3.8, 4) is 0 Å². The van der Waals surface area contributed by atoms with Gasteiger partial charge in [0.1, 0.15) is 0 Å². The lowest BCUT2D eigenvalue weighted by molar-refractivity contribution is 0.166. The molecule has 0 aliphatic carbocycles. The van der Waals surface area contributed by atoms with Gasteiger partial charge in [-0.25, -0.2) is 0 Å². The highest BCUT2D eigenvalue weighted by Crippen LogP contribution is 2.38. The fraction of sp³-hybridized carbons (Fsp3) is 0.750. The molecule has 0 fully saturated rings. The summed E-state index contributed by atoms with van der Waals surface area (Å²) in [5.74, 6) is 0.